The molecule has 0 unspecified atom stereocenters. The Kier molecular flexibility index (Phi) is 83.7. The highest BCUT2D eigenvalue weighted by Gasteiger charge is 2.30. The molecule has 138 heavy (non-hydrogen) atoms. The number of hydrogen-bond donors (Lipinski definition) is 42. The maximum Gasteiger partial charge on any atom is 0.116 e. The first-order valence-electron chi connectivity index (χ1n) is 53.9. The van der Waals surface area contributed by atoms with Gasteiger partial charge in [-0.15, -0.1) is 0 Å². The smallest absolute Gasteiger partial charge is 0.116 e. The Hall–Kier alpha value is -1.68. The quantitative estimate of drug-likeness (QED) is 0.0293. The summed E-state index contributed by atoms with van der Waals surface area (Å²) < 4.78 is 0. The Labute approximate surface area is 849 Å². The summed E-state index contributed by atoms with van der Waals surface area (Å²) in [6.07, 6.45) is -2.37. The Morgan fingerprint density at radius 3 is 0.167 bits per heavy atom. The number of hydrogen-bond acceptors (Lipinski definition) is 42. The molecule has 0 amide bonds. The molecule has 0 spiro atoms. The maximum atomic E-state index is 3.71. The van der Waals surface area contributed by atoms with Crippen LogP contribution in [0.2, 0.25) is 0 Å². The van der Waals surface area contributed by atoms with Gasteiger partial charge in [-0.25, -0.2) is 0 Å². The van der Waals surface area contributed by atoms with Crippen molar-refractivity contribution in [3.63, 3.8) is 0 Å². The minimum absolute atomic E-state index is 0.0947. The normalized spacial score (nSPS) is 13.4. The molecule has 834 valence electrons. The first-order chi connectivity index (χ1) is 64.1. The van der Waals surface area contributed by atoms with E-state index in [1.165, 1.54) is 0 Å². The average molecular weight is 1980 g/mol. The zero-order valence-corrected chi connectivity index (χ0v) is 97.5. The van der Waals surface area contributed by atoms with Gasteiger partial charge in [0.25, 0.3) is 0 Å². The lowest BCUT2D eigenvalue weighted by Crippen LogP contribution is -2.72. The summed E-state index contributed by atoms with van der Waals surface area (Å²) in [5, 5.41) is 153. The molecule has 0 bridgehead atoms. The minimum Gasteiger partial charge on any atom is -0.288 e. The Morgan fingerprint density at radius 1 is 0.0725 bits per heavy atom. The van der Waals surface area contributed by atoms with E-state index in [0.29, 0.717) is 184 Å². The van der Waals surface area contributed by atoms with E-state index < -0.39 is 0 Å². The third-order valence-corrected chi connectivity index (χ3v) is 18.5. The molecule has 0 saturated heterocycles. The standard InChI is InChI=1S/3C32H80N14/c3*1-19(2)35-29(36-20(3)4)43-27(44-30(37-21(5)6)38-22(7)8)33-17-18-34-28(45-31(39-23(9)10)40-24(11)12)46-32(41-25(13)14)42-26(15)16/h3*19-46H,17-18H2,1-16H3. The van der Waals surface area contributed by atoms with Gasteiger partial charge >= 0.3 is 0 Å². The van der Waals surface area contributed by atoms with Crippen LogP contribution in [0.15, 0.2) is 0 Å². The van der Waals surface area contributed by atoms with Crippen LogP contribution in [-0.4, -0.2) is 297 Å². The van der Waals surface area contributed by atoms with Crippen molar-refractivity contribution in [2.45, 2.75) is 591 Å². The van der Waals surface area contributed by atoms with Crippen molar-refractivity contribution in [2.24, 2.45) is 0 Å². The van der Waals surface area contributed by atoms with E-state index in [2.05, 4.69) is 556 Å². The van der Waals surface area contributed by atoms with Crippen LogP contribution in [0.5, 0.6) is 0 Å². The van der Waals surface area contributed by atoms with Crippen LogP contribution < -0.4 is 223 Å². The Bertz CT molecular complexity index is 1940. The van der Waals surface area contributed by atoms with Gasteiger partial charge in [-0.3, -0.25) is 223 Å². The molecule has 42 nitrogen and oxygen atoms in total. The summed E-state index contributed by atoms with van der Waals surface area (Å²) in [6, 6.07) is 7.36. The first-order valence-corrected chi connectivity index (χ1v) is 53.9. The van der Waals surface area contributed by atoms with Gasteiger partial charge in [0.05, 0.1) is 0 Å². The minimum atomic E-state index is -0.206. The summed E-state index contributed by atoms with van der Waals surface area (Å²) in [5.74, 6) is 0. The average Bonchev–Trinajstić information content (AvgIpc) is 0.906. The topological polar surface area (TPSA) is 505 Å². The molecule has 0 saturated carbocycles. The molecule has 0 aliphatic carbocycles. The lowest BCUT2D eigenvalue weighted by molar-refractivity contribution is 0.181. The van der Waals surface area contributed by atoms with Crippen LogP contribution >= 0.6 is 0 Å². The lowest BCUT2D eigenvalue weighted by Gasteiger charge is -2.36. The van der Waals surface area contributed by atoms with Gasteiger partial charge in [0, 0.05) is 184 Å². The second-order valence-electron chi connectivity index (χ2n) is 44.2. The third kappa shape index (κ3) is 89.5. The fourth-order valence-corrected chi connectivity index (χ4v) is 14.0. The second kappa shape index (κ2) is 82.2. The largest absolute Gasteiger partial charge is 0.288 e. The molecule has 0 fully saturated rings. The van der Waals surface area contributed by atoms with Crippen molar-refractivity contribution >= 4 is 0 Å². The van der Waals surface area contributed by atoms with Crippen molar-refractivity contribution in [2.75, 3.05) is 39.3 Å². The summed E-state index contributed by atoms with van der Waals surface area (Å²) in [7, 11) is 0. The summed E-state index contributed by atoms with van der Waals surface area (Å²) in [5.41, 5.74) is 0. The SMILES string of the molecule is CC(C)NC(NC(C)C)NC(NCCNC(NC(NC(C)C)NC(C)C)NC(NC(C)C)NC(C)C)NC(NC(C)C)NC(C)C.CC(C)NC(NC(C)C)NC(NCCNC(NC(NC(C)C)NC(C)C)NC(NC(C)C)NC(C)C)NC(NC(C)C)NC(C)C.CC(C)NC(NC(C)C)NC(NCCNC(NC(NC(C)C)NC(C)C)NC(NC(C)C)NC(C)C)NC(NC(C)C)NC(C)C. The predicted octanol–water partition coefficient (Wildman–Crippen LogP) is 0.629. The summed E-state index contributed by atoms with van der Waals surface area (Å²) in [4.78, 5) is 0. The van der Waals surface area contributed by atoms with Gasteiger partial charge < -0.3 is 0 Å². The molecule has 42 heteroatoms. The van der Waals surface area contributed by atoms with E-state index in [1.807, 2.05) is 0 Å². The fourth-order valence-electron chi connectivity index (χ4n) is 14.0. The van der Waals surface area contributed by atoms with Crippen LogP contribution in [0.3, 0.4) is 0 Å². The lowest BCUT2D eigenvalue weighted by atomic mass is 10.3. The van der Waals surface area contributed by atoms with Crippen molar-refractivity contribution in [1.29, 1.82) is 0 Å². The summed E-state index contributed by atoms with van der Waals surface area (Å²) >= 11 is 0. The summed E-state index contributed by atoms with van der Waals surface area (Å²) in [6.45, 7) is 108. The van der Waals surface area contributed by atoms with Gasteiger partial charge in [-0.1, -0.05) is 0 Å². The van der Waals surface area contributed by atoms with Crippen molar-refractivity contribution < 1.29 is 0 Å². The van der Waals surface area contributed by atoms with Gasteiger partial charge in [0.15, 0.2) is 0 Å². The highest BCUT2D eigenvalue weighted by Crippen LogP contribution is 2.01. The molecule has 0 aromatic rings. The molecule has 0 aliphatic heterocycles. The zero-order chi connectivity index (χ0) is 106. The molecular weight excluding hydrogens is 1740 g/mol. The van der Waals surface area contributed by atoms with E-state index in [0.717, 1.165) is 0 Å². The van der Waals surface area contributed by atoms with Gasteiger partial charge in [-0.2, -0.15) is 0 Å². The molecule has 0 aromatic heterocycles. The van der Waals surface area contributed by atoms with Gasteiger partial charge in [0.1, 0.15) is 113 Å². The molecule has 0 heterocycles. The van der Waals surface area contributed by atoms with E-state index in [1.54, 1.807) is 0 Å². The van der Waals surface area contributed by atoms with Crippen molar-refractivity contribution in [1.82, 2.24) is 223 Å². The molecule has 0 aliphatic rings. The highest BCUT2D eigenvalue weighted by atomic mass is 15.5. The first kappa shape index (κ1) is 140. The number of rotatable bonds is 87. The highest BCUT2D eigenvalue weighted by molar-refractivity contribution is 4.87. The van der Waals surface area contributed by atoms with Crippen LogP contribution in [0.1, 0.15) is 332 Å². The van der Waals surface area contributed by atoms with Gasteiger partial charge in [-0.05, 0) is 332 Å². The molecule has 0 rings (SSSR count). The molecular formula is C96H240N42. The van der Waals surface area contributed by atoms with Crippen LogP contribution in [0.25, 0.3) is 0 Å². The van der Waals surface area contributed by atoms with Crippen LogP contribution in [0.4, 0.5) is 0 Å². The van der Waals surface area contributed by atoms with E-state index in [9.17, 15) is 0 Å². The monoisotopic (exact) mass is 1980 g/mol. The van der Waals surface area contributed by atoms with Gasteiger partial charge in [0.2, 0.25) is 0 Å². The van der Waals surface area contributed by atoms with Crippen molar-refractivity contribution in [3.8, 4) is 0 Å². The van der Waals surface area contributed by atoms with E-state index >= 15 is 0 Å². The zero-order valence-electron chi connectivity index (χ0n) is 97.5. The maximum absolute atomic E-state index is 3.71. The predicted molar refractivity (Wildman–Crippen MR) is 592 cm³/mol. The Balaban J connectivity index is -0.00000198. The molecule has 0 aromatic carbocycles. The molecule has 0 atom stereocenters. The van der Waals surface area contributed by atoms with Crippen LogP contribution in [-0.2, 0) is 0 Å². The molecule has 42 N–H and O–H groups in total. The van der Waals surface area contributed by atoms with Crippen molar-refractivity contribution in [3.05, 3.63) is 0 Å². The Morgan fingerprint density at radius 2 is 0.123 bits per heavy atom. The second-order valence-corrected chi connectivity index (χ2v) is 44.2. The van der Waals surface area contributed by atoms with Crippen LogP contribution in [0, 0.1) is 0 Å². The van der Waals surface area contributed by atoms with E-state index in [4.69, 9.17) is 0 Å². The molecule has 0 radical (unpaired) electrons. The number of nitrogens with one attached hydrogen (secondary N) is 42. The fraction of sp³-hybridized carbons (Fsp3) is 1.00. The third-order valence-electron chi connectivity index (χ3n) is 18.5. The van der Waals surface area contributed by atoms with E-state index in [-0.39, 0.29) is 113 Å².